The van der Waals surface area contributed by atoms with Gasteiger partial charge >= 0.3 is 0 Å². The number of hydrogen-bond acceptors (Lipinski definition) is 3. The van der Waals surface area contributed by atoms with Crippen LogP contribution >= 0.6 is 15.9 Å². The first-order valence-corrected chi connectivity index (χ1v) is 3.99. The molecule has 0 N–H and O–H groups in total. The smallest absolute Gasteiger partial charge is 0.122 e. The Morgan fingerprint density at radius 1 is 1.82 bits per heavy atom. The van der Waals surface area contributed by atoms with Gasteiger partial charge < -0.3 is 0 Å². The Hall–Kier alpha value is -0.950. The van der Waals surface area contributed by atoms with Gasteiger partial charge in [0.05, 0.1) is 5.57 Å². The van der Waals surface area contributed by atoms with Crippen molar-refractivity contribution in [2.24, 2.45) is 5.18 Å². The molecule has 3 nitrogen and oxygen atoms in total. The summed E-state index contributed by atoms with van der Waals surface area (Å²) in [5, 5.41) is 11.2. The van der Waals surface area contributed by atoms with E-state index < -0.39 is 0 Å². The molecule has 1 unspecified atom stereocenters. The Kier molecular flexibility index (Phi) is 2.55. The first-order valence-electron chi connectivity index (χ1n) is 3.08. The summed E-state index contributed by atoms with van der Waals surface area (Å²) in [7, 11) is 0. The van der Waals surface area contributed by atoms with Crippen molar-refractivity contribution in [3.63, 3.8) is 0 Å². The van der Waals surface area contributed by atoms with Gasteiger partial charge in [0, 0.05) is 4.83 Å². The molecule has 0 spiro atoms. The second kappa shape index (κ2) is 3.44. The van der Waals surface area contributed by atoms with Crippen LogP contribution in [-0.4, -0.2) is 4.83 Å². The maximum absolute atomic E-state index is 10.1. The molecule has 56 valence electrons. The van der Waals surface area contributed by atoms with Gasteiger partial charge in [-0.1, -0.05) is 22.0 Å². The average molecular weight is 213 g/mol. The summed E-state index contributed by atoms with van der Waals surface area (Å²) in [5.41, 5.74) is 0.608. The molecule has 1 atom stereocenters. The third-order valence-corrected chi connectivity index (χ3v) is 2.02. The van der Waals surface area contributed by atoms with Crippen LogP contribution in [0.2, 0.25) is 0 Å². The molecule has 0 aliphatic heterocycles. The van der Waals surface area contributed by atoms with Gasteiger partial charge in [0.15, 0.2) is 0 Å². The zero-order valence-electron chi connectivity index (χ0n) is 5.62. The molecule has 0 radical (unpaired) electrons. The molecular weight excluding hydrogens is 208 g/mol. The normalized spacial score (nSPS) is 23.1. The summed E-state index contributed by atoms with van der Waals surface area (Å²) >= 11 is 3.30. The van der Waals surface area contributed by atoms with E-state index in [9.17, 15) is 4.91 Å². The van der Waals surface area contributed by atoms with Crippen molar-refractivity contribution in [1.29, 1.82) is 5.26 Å². The van der Waals surface area contributed by atoms with Gasteiger partial charge in [-0.3, -0.25) is 0 Å². The Labute approximate surface area is 72.5 Å². The summed E-state index contributed by atoms with van der Waals surface area (Å²) in [6.45, 7) is 0. The zero-order chi connectivity index (χ0) is 8.27. The summed E-state index contributed by atoms with van der Waals surface area (Å²) in [5.74, 6) is 0. The predicted molar refractivity (Wildman–Crippen MR) is 44.9 cm³/mol. The van der Waals surface area contributed by atoms with Gasteiger partial charge in [-0.2, -0.15) is 5.26 Å². The lowest BCUT2D eigenvalue weighted by molar-refractivity contribution is 1.03. The van der Waals surface area contributed by atoms with Crippen LogP contribution in [0.25, 0.3) is 0 Å². The number of halogens is 1. The van der Waals surface area contributed by atoms with E-state index in [-0.39, 0.29) is 10.5 Å². The van der Waals surface area contributed by atoms with Gasteiger partial charge in [-0.05, 0) is 17.7 Å². The van der Waals surface area contributed by atoms with Crippen LogP contribution in [0.1, 0.15) is 6.42 Å². The molecule has 0 amide bonds. The number of nitriles is 1. The topological polar surface area (TPSA) is 53.2 Å². The van der Waals surface area contributed by atoms with Crippen molar-refractivity contribution < 1.29 is 0 Å². The average Bonchev–Trinajstić information content (AvgIpc) is 2.04. The van der Waals surface area contributed by atoms with E-state index in [1.807, 2.05) is 6.07 Å². The minimum Gasteiger partial charge on any atom is -0.192 e. The molecule has 0 fully saturated rings. The van der Waals surface area contributed by atoms with Crippen LogP contribution in [0, 0.1) is 16.2 Å². The number of nitrogens with zero attached hydrogens (tertiary/aromatic N) is 2. The molecular formula is C7H5BrN2O. The van der Waals surface area contributed by atoms with Crippen molar-refractivity contribution in [3.8, 4) is 6.07 Å². The van der Waals surface area contributed by atoms with Crippen molar-refractivity contribution >= 4 is 15.9 Å². The lowest BCUT2D eigenvalue weighted by Gasteiger charge is -2.07. The SMILES string of the molecule is N#CC1=CCC(Br)C=C1N=O. The highest BCUT2D eigenvalue weighted by Gasteiger charge is 2.13. The highest BCUT2D eigenvalue weighted by Crippen LogP contribution is 2.23. The van der Waals surface area contributed by atoms with Crippen molar-refractivity contribution in [1.82, 2.24) is 0 Å². The summed E-state index contributed by atoms with van der Waals surface area (Å²) in [4.78, 5) is 10.3. The van der Waals surface area contributed by atoms with E-state index >= 15 is 0 Å². The number of nitroso groups, excluding NO2 is 1. The fraction of sp³-hybridized carbons (Fsp3) is 0.286. The Balaban J connectivity index is 2.93. The van der Waals surface area contributed by atoms with E-state index in [1.165, 1.54) is 0 Å². The predicted octanol–water partition coefficient (Wildman–Crippen LogP) is 2.25. The largest absolute Gasteiger partial charge is 0.192 e. The molecule has 1 rings (SSSR count). The van der Waals surface area contributed by atoms with Crippen LogP contribution < -0.4 is 0 Å². The Bertz CT molecular complexity index is 275. The van der Waals surface area contributed by atoms with Crippen LogP contribution in [0.5, 0.6) is 0 Å². The van der Waals surface area contributed by atoms with Crippen molar-refractivity contribution in [2.45, 2.75) is 11.2 Å². The molecule has 0 saturated carbocycles. The fourth-order valence-corrected chi connectivity index (χ4v) is 1.28. The van der Waals surface area contributed by atoms with Gasteiger partial charge in [0.2, 0.25) is 0 Å². The van der Waals surface area contributed by atoms with Gasteiger partial charge in [-0.15, -0.1) is 4.91 Å². The summed E-state index contributed by atoms with van der Waals surface area (Å²) < 4.78 is 0. The van der Waals surface area contributed by atoms with Crippen LogP contribution in [0.3, 0.4) is 0 Å². The highest BCUT2D eigenvalue weighted by atomic mass is 79.9. The molecule has 4 heteroatoms. The maximum Gasteiger partial charge on any atom is 0.122 e. The third-order valence-electron chi connectivity index (χ3n) is 1.38. The van der Waals surface area contributed by atoms with E-state index in [0.717, 1.165) is 6.42 Å². The minimum atomic E-state index is 0.132. The standard InChI is InChI=1S/C7H5BrN2O/c8-6-2-1-5(4-9)7(3-6)10-11/h1,3,6H,2H2. The third kappa shape index (κ3) is 1.75. The lowest BCUT2D eigenvalue weighted by atomic mass is 10.1. The van der Waals surface area contributed by atoms with Gasteiger partial charge in [0.25, 0.3) is 0 Å². The monoisotopic (exact) mass is 212 g/mol. The van der Waals surface area contributed by atoms with Gasteiger partial charge in [-0.25, -0.2) is 0 Å². The van der Waals surface area contributed by atoms with Crippen molar-refractivity contribution in [2.75, 3.05) is 0 Å². The number of rotatable bonds is 1. The molecule has 11 heavy (non-hydrogen) atoms. The number of hydrogen-bond donors (Lipinski definition) is 0. The molecule has 0 bridgehead atoms. The van der Waals surface area contributed by atoms with E-state index in [2.05, 4.69) is 21.1 Å². The molecule has 0 aromatic carbocycles. The van der Waals surface area contributed by atoms with E-state index in [4.69, 9.17) is 5.26 Å². The molecule has 1 aliphatic carbocycles. The minimum absolute atomic E-state index is 0.132. The fourth-order valence-electron chi connectivity index (χ4n) is 0.847. The van der Waals surface area contributed by atoms with E-state index in [0.29, 0.717) is 5.57 Å². The molecule has 0 aromatic rings. The van der Waals surface area contributed by atoms with Crippen LogP contribution in [-0.2, 0) is 0 Å². The maximum atomic E-state index is 10.1. The quantitative estimate of drug-likeness (QED) is 0.495. The van der Waals surface area contributed by atoms with Crippen LogP contribution in [0.15, 0.2) is 28.6 Å². The Morgan fingerprint density at radius 2 is 2.55 bits per heavy atom. The highest BCUT2D eigenvalue weighted by molar-refractivity contribution is 9.09. The van der Waals surface area contributed by atoms with Crippen molar-refractivity contribution in [3.05, 3.63) is 28.3 Å². The second-order valence-corrected chi connectivity index (χ2v) is 3.30. The molecule has 0 heterocycles. The first-order chi connectivity index (χ1) is 5.27. The number of allylic oxidation sites excluding steroid dienone is 3. The first kappa shape index (κ1) is 8.15. The van der Waals surface area contributed by atoms with Gasteiger partial charge in [0.1, 0.15) is 11.8 Å². The zero-order valence-corrected chi connectivity index (χ0v) is 7.21. The Morgan fingerprint density at radius 3 is 3.09 bits per heavy atom. The second-order valence-electron chi connectivity index (χ2n) is 2.12. The number of alkyl halides is 1. The molecule has 0 saturated heterocycles. The van der Waals surface area contributed by atoms with Crippen LogP contribution in [0.4, 0.5) is 0 Å². The lowest BCUT2D eigenvalue weighted by Crippen LogP contribution is -2.00. The van der Waals surface area contributed by atoms with E-state index in [1.54, 1.807) is 12.2 Å². The summed E-state index contributed by atoms with van der Waals surface area (Å²) in [6.07, 6.45) is 4.09. The summed E-state index contributed by atoms with van der Waals surface area (Å²) in [6, 6.07) is 1.90. The molecule has 1 aliphatic rings. The molecule has 0 aromatic heterocycles.